The zero-order valence-electron chi connectivity index (χ0n) is 11.3. The summed E-state index contributed by atoms with van der Waals surface area (Å²) in [4.78, 5) is 0. The molecule has 0 radical (unpaired) electrons. The number of anilines is 1. The lowest BCUT2D eigenvalue weighted by Crippen LogP contribution is -2.27. The summed E-state index contributed by atoms with van der Waals surface area (Å²) >= 11 is 1.60. The standard InChI is InChI=1S/C13H23N3OS/c1-3-10-7-5-6-8-11(10)17-9-12-15-16-13(18-12)14-4-2/h10-11H,3-9H2,1-2H3,(H,14,16). The van der Waals surface area contributed by atoms with Crippen LogP contribution in [0.3, 0.4) is 0 Å². The fourth-order valence-electron chi connectivity index (χ4n) is 2.57. The molecular formula is C13H23N3OS. The van der Waals surface area contributed by atoms with Crippen LogP contribution in [0.1, 0.15) is 51.0 Å². The molecule has 0 aromatic carbocycles. The van der Waals surface area contributed by atoms with E-state index in [4.69, 9.17) is 4.74 Å². The summed E-state index contributed by atoms with van der Waals surface area (Å²) in [6.45, 7) is 5.83. The van der Waals surface area contributed by atoms with Crippen LogP contribution in [0.5, 0.6) is 0 Å². The summed E-state index contributed by atoms with van der Waals surface area (Å²) in [6.07, 6.45) is 6.85. The van der Waals surface area contributed by atoms with Crippen molar-refractivity contribution in [2.75, 3.05) is 11.9 Å². The minimum absolute atomic E-state index is 0.426. The largest absolute Gasteiger partial charge is 0.371 e. The highest BCUT2D eigenvalue weighted by atomic mass is 32.1. The molecule has 1 aliphatic rings. The predicted molar refractivity (Wildman–Crippen MR) is 74.9 cm³/mol. The maximum Gasteiger partial charge on any atom is 0.205 e. The molecule has 2 atom stereocenters. The molecule has 4 nitrogen and oxygen atoms in total. The first-order valence-corrected chi connectivity index (χ1v) is 7.83. The van der Waals surface area contributed by atoms with E-state index in [1.807, 2.05) is 0 Å². The second-order valence-electron chi connectivity index (χ2n) is 4.83. The third-order valence-electron chi connectivity index (χ3n) is 3.58. The van der Waals surface area contributed by atoms with Gasteiger partial charge in [0.25, 0.3) is 0 Å². The van der Waals surface area contributed by atoms with Gasteiger partial charge in [-0.3, -0.25) is 0 Å². The average molecular weight is 269 g/mol. The van der Waals surface area contributed by atoms with Crippen LogP contribution in [0, 0.1) is 5.92 Å². The van der Waals surface area contributed by atoms with E-state index in [1.165, 1.54) is 32.1 Å². The Labute approximate surface area is 113 Å². The van der Waals surface area contributed by atoms with Gasteiger partial charge in [-0.05, 0) is 25.7 Å². The van der Waals surface area contributed by atoms with Gasteiger partial charge >= 0.3 is 0 Å². The zero-order chi connectivity index (χ0) is 12.8. The van der Waals surface area contributed by atoms with E-state index >= 15 is 0 Å². The number of hydrogen-bond donors (Lipinski definition) is 1. The van der Waals surface area contributed by atoms with Crippen LogP contribution in [0.4, 0.5) is 5.13 Å². The molecule has 1 saturated carbocycles. The van der Waals surface area contributed by atoms with Gasteiger partial charge in [-0.2, -0.15) is 0 Å². The lowest BCUT2D eigenvalue weighted by molar-refractivity contribution is -0.0224. The molecule has 2 rings (SSSR count). The van der Waals surface area contributed by atoms with Crippen LogP contribution in [-0.4, -0.2) is 22.8 Å². The quantitative estimate of drug-likeness (QED) is 0.859. The summed E-state index contributed by atoms with van der Waals surface area (Å²) in [5, 5.41) is 13.3. The fraction of sp³-hybridized carbons (Fsp3) is 0.846. The Morgan fingerprint density at radius 1 is 1.28 bits per heavy atom. The molecule has 5 heteroatoms. The Balaban J connectivity index is 1.81. The van der Waals surface area contributed by atoms with E-state index in [2.05, 4.69) is 29.4 Å². The summed E-state index contributed by atoms with van der Waals surface area (Å²) in [6, 6.07) is 0. The van der Waals surface area contributed by atoms with E-state index in [0.717, 1.165) is 22.6 Å². The maximum atomic E-state index is 6.04. The predicted octanol–water partition coefficient (Wildman–Crippen LogP) is 3.46. The number of hydrogen-bond acceptors (Lipinski definition) is 5. The Kier molecular flexibility index (Phi) is 5.38. The number of rotatable bonds is 6. The topological polar surface area (TPSA) is 47.0 Å². The first kappa shape index (κ1) is 13.7. The van der Waals surface area contributed by atoms with Gasteiger partial charge in [0.05, 0.1) is 6.10 Å². The van der Waals surface area contributed by atoms with Crippen molar-refractivity contribution in [1.29, 1.82) is 0 Å². The molecule has 1 fully saturated rings. The molecule has 2 unspecified atom stereocenters. The van der Waals surface area contributed by atoms with Crippen LogP contribution in [0.25, 0.3) is 0 Å². The van der Waals surface area contributed by atoms with Gasteiger partial charge in [-0.25, -0.2) is 0 Å². The minimum atomic E-state index is 0.426. The molecule has 0 saturated heterocycles. The van der Waals surface area contributed by atoms with Crippen LogP contribution in [-0.2, 0) is 11.3 Å². The Hall–Kier alpha value is -0.680. The second kappa shape index (κ2) is 7.04. The summed E-state index contributed by atoms with van der Waals surface area (Å²) < 4.78 is 6.04. The Morgan fingerprint density at radius 2 is 2.11 bits per heavy atom. The average Bonchev–Trinajstić information content (AvgIpc) is 2.85. The van der Waals surface area contributed by atoms with Crippen molar-refractivity contribution < 1.29 is 4.74 Å². The number of aromatic nitrogens is 2. The highest BCUT2D eigenvalue weighted by Gasteiger charge is 2.24. The first-order valence-electron chi connectivity index (χ1n) is 7.01. The number of nitrogens with one attached hydrogen (secondary N) is 1. The van der Waals surface area contributed by atoms with E-state index in [1.54, 1.807) is 11.3 Å². The lowest BCUT2D eigenvalue weighted by atomic mass is 9.85. The molecule has 18 heavy (non-hydrogen) atoms. The normalized spacial score (nSPS) is 24.1. The van der Waals surface area contributed by atoms with Gasteiger partial charge in [-0.15, -0.1) is 10.2 Å². The van der Waals surface area contributed by atoms with Gasteiger partial charge in [0.15, 0.2) is 0 Å². The van der Waals surface area contributed by atoms with Crippen LogP contribution in [0.15, 0.2) is 0 Å². The van der Waals surface area contributed by atoms with Crippen LogP contribution < -0.4 is 5.32 Å². The van der Waals surface area contributed by atoms with Gasteiger partial charge in [-0.1, -0.05) is 37.5 Å². The highest BCUT2D eigenvalue weighted by molar-refractivity contribution is 7.15. The van der Waals surface area contributed by atoms with Gasteiger partial charge in [0, 0.05) is 6.54 Å². The molecule has 1 aliphatic carbocycles. The van der Waals surface area contributed by atoms with Crippen molar-refractivity contribution in [1.82, 2.24) is 10.2 Å². The summed E-state index contributed by atoms with van der Waals surface area (Å²) in [7, 11) is 0. The van der Waals surface area contributed by atoms with E-state index in [9.17, 15) is 0 Å². The van der Waals surface area contributed by atoms with E-state index < -0.39 is 0 Å². The van der Waals surface area contributed by atoms with Crippen LogP contribution >= 0.6 is 11.3 Å². The van der Waals surface area contributed by atoms with Gasteiger partial charge in [0.1, 0.15) is 11.6 Å². The number of nitrogens with zero attached hydrogens (tertiary/aromatic N) is 2. The van der Waals surface area contributed by atoms with Crippen molar-refractivity contribution >= 4 is 16.5 Å². The van der Waals surface area contributed by atoms with E-state index in [0.29, 0.717) is 12.7 Å². The van der Waals surface area contributed by atoms with Gasteiger partial charge < -0.3 is 10.1 Å². The fourth-order valence-corrected chi connectivity index (χ4v) is 3.30. The SMILES string of the molecule is CCNc1nnc(COC2CCCCC2CC)s1. The minimum Gasteiger partial charge on any atom is -0.371 e. The molecule has 1 heterocycles. The maximum absolute atomic E-state index is 6.04. The van der Waals surface area contributed by atoms with E-state index in [-0.39, 0.29) is 0 Å². The van der Waals surface area contributed by atoms with Crippen molar-refractivity contribution in [2.24, 2.45) is 5.92 Å². The summed E-state index contributed by atoms with van der Waals surface area (Å²) in [5.74, 6) is 0.736. The smallest absolute Gasteiger partial charge is 0.205 e. The monoisotopic (exact) mass is 269 g/mol. The zero-order valence-corrected chi connectivity index (χ0v) is 12.1. The number of ether oxygens (including phenoxy) is 1. The Morgan fingerprint density at radius 3 is 2.89 bits per heavy atom. The molecule has 1 N–H and O–H groups in total. The molecule has 102 valence electrons. The highest BCUT2D eigenvalue weighted by Crippen LogP contribution is 2.30. The third-order valence-corrected chi connectivity index (χ3v) is 4.43. The van der Waals surface area contributed by atoms with Gasteiger partial charge in [0.2, 0.25) is 5.13 Å². The molecule has 0 spiro atoms. The molecule has 0 amide bonds. The second-order valence-corrected chi connectivity index (χ2v) is 5.90. The lowest BCUT2D eigenvalue weighted by Gasteiger charge is -2.30. The van der Waals surface area contributed by atoms with Crippen molar-refractivity contribution in [3.63, 3.8) is 0 Å². The van der Waals surface area contributed by atoms with Crippen LogP contribution in [0.2, 0.25) is 0 Å². The first-order chi connectivity index (χ1) is 8.83. The third kappa shape index (κ3) is 3.65. The molecule has 1 aromatic rings. The molecule has 0 aliphatic heterocycles. The van der Waals surface area contributed by atoms with Crippen molar-refractivity contribution in [2.45, 2.75) is 58.7 Å². The molecule has 0 bridgehead atoms. The van der Waals surface area contributed by atoms with Crippen molar-refractivity contribution in [3.05, 3.63) is 5.01 Å². The van der Waals surface area contributed by atoms with Crippen molar-refractivity contribution in [3.8, 4) is 0 Å². The Bertz CT molecular complexity index is 356. The summed E-state index contributed by atoms with van der Waals surface area (Å²) in [5.41, 5.74) is 0. The molecular weight excluding hydrogens is 246 g/mol. The molecule has 1 aromatic heterocycles.